The quantitative estimate of drug-likeness (QED) is 0.852. The molecule has 0 saturated carbocycles. The standard InChI is InChI=1S/C15H14F3N3O3S2/c1-9(22)19-14-20-12-5-6-21(8-13(12)25-14)26(23,24)11-4-2-3-10(7-11)15(16,17)18/h2-4,7H,5-6,8H2,1H3,(H,19,20,22). The van der Waals surface area contributed by atoms with Crippen LogP contribution < -0.4 is 5.32 Å². The van der Waals surface area contributed by atoms with E-state index in [1.165, 1.54) is 6.92 Å². The van der Waals surface area contributed by atoms with Crippen LogP contribution in [0.5, 0.6) is 0 Å². The van der Waals surface area contributed by atoms with Crippen LogP contribution in [0.2, 0.25) is 0 Å². The van der Waals surface area contributed by atoms with E-state index in [0.717, 1.165) is 33.8 Å². The molecule has 0 fully saturated rings. The SMILES string of the molecule is CC(=O)Nc1nc2c(s1)CN(S(=O)(=O)c1cccc(C(F)(F)F)c1)CC2. The molecule has 6 nitrogen and oxygen atoms in total. The van der Waals surface area contributed by atoms with Crippen molar-refractivity contribution in [1.82, 2.24) is 9.29 Å². The second-order valence-electron chi connectivity index (χ2n) is 5.68. The van der Waals surface area contributed by atoms with E-state index in [2.05, 4.69) is 10.3 Å². The van der Waals surface area contributed by atoms with Gasteiger partial charge in [0.1, 0.15) is 0 Å². The van der Waals surface area contributed by atoms with Gasteiger partial charge in [-0.1, -0.05) is 6.07 Å². The number of benzene rings is 1. The number of halogens is 3. The first kappa shape index (κ1) is 18.8. The molecule has 0 spiro atoms. The Balaban J connectivity index is 1.88. The van der Waals surface area contributed by atoms with Crippen molar-refractivity contribution in [3.8, 4) is 0 Å². The highest BCUT2D eigenvalue weighted by atomic mass is 32.2. The van der Waals surface area contributed by atoms with Gasteiger partial charge in [-0.15, -0.1) is 11.3 Å². The average Bonchev–Trinajstić information content (AvgIpc) is 2.94. The number of amides is 1. The molecule has 0 saturated heterocycles. The molecule has 1 N–H and O–H groups in total. The second-order valence-corrected chi connectivity index (χ2v) is 8.71. The van der Waals surface area contributed by atoms with Crippen molar-refractivity contribution in [2.45, 2.75) is 31.0 Å². The van der Waals surface area contributed by atoms with Crippen molar-refractivity contribution < 1.29 is 26.4 Å². The Morgan fingerprint density at radius 3 is 2.73 bits per heavy atom. The summed E-state index contributed by atoms with van der Waals surface area (Å²) in [6.07, 6.45) is -4.30. The molecule has 1 aromatic carbocycles. The first-order valence-electron chi connectivity index (χ1n) is 7.51. The van der Waals surface area contributed by atoms with Crippen LogP contribution in [0, 0.1) is 0 Å². The molecule has 1 aliphatic rings. The maximum Gasteiger partial charge on any atom is 0.416 e. The van der Waals surface area contributed by atoms with Crippen molar-refractivity contribution in [2.75, 3.05) is 11.9 Å². The number of aromatic nitrogens is 1. The zero-order valence-corrected chi connectivity index (χ0v) is 15.1. The molecule has 0 aliphatic carbocycles. The van der Waals surface area contributed by atoms with Crippen LogP contribution in [0.25, 0.3) is 0 Å². The van der Waals surface area contributed by atoms with Gasteiger partial charge in [-0.25, -0.2) is 13.4 Å². The number of alkyl halides is 3. The largest absolute Gasteiger partial charge is 0.416 e. The lowest BCUT2D eigenvalue weighted by Crippen LogP contribution is -2.35. The Morgan fingerprint density at radius 1 is 1.35 bits per heavy atom. The molecule has 11 heteroatoms. The summed E-state index contributed by atoms with van der Waals surface area (Å²) in [5.74, 6) is -0.287. The lowest BCUT2D eigenvalue weighted by Gasteiger charge is -2.25. The monoisotopic (exact) mass is 405 g/mol. The topological polar surface area (TPSA) is 79.4 Å². The molecule has 0 bridgehead atoms. The second kappa shape index (κ2) is 6.63. The molecule has 1 aromatic heterocycles. The lowest BCUT2D eigenvalue weighted by atomic mass is 10.2. The Labute approximate surface area is 151 Å². The van der Waals surface area contributed by atoms with E-state index >= 15 is 0 Å². The van der Waals surface area contributed by atoms with Crippen LogP contribution in [-0.2, 0) is 34.0 Å². The molecule has 3 rings (SSSR count). The van der Waals surface area contributed by atoms with Gasteiger partial charge < -0.3 is 5.32 Å². The molecule has 0 unspecified atom stereocenters. The molecular weight excluding hydrogens is 391 g/mol. The molecule has 26 heavy (non-hydrogen) atoms. The summed E-state index contributed by atoms with van der Waals surface area (Å²) in [7, 11) is -4.08. The van der Waals surface area contributed by atoms with Gasteiger partial charge >= 0.3 is 6.18 Å². The molecule has 2 heterocycles. The molecule has 2 aromatic rings. The number of nitrogens with one attached hydrogen (secondary N) is 1. The van der Waals surface area contributed by atoms with Gasteiger partial charge in [0.25, 0.3) is 0 Å². The lowest BCUT2D eigenvalue weighted by molar-refractivity contribution is -0.137. The highest BCUT2D eigenvalue weighted by Gasteiger charge is 2.34. The summed E-state index contributed by atoms with van der Waals surface area (Å²) >= 11 is 1.16. The zero-order chi connectivity index (χ0) is 19.1. The third kappa shape index (κ3) is 3.74. The van der Waals surface area contributed by atoms with Gasteiger partial charge in [-0.2, -0.15) is 17.5 Å². The number of carbonyl (C=O) groups is 1. The minimum absolute atomic E-state index is 0.00512. The minimum atomic E-state index is -4.62. The highest BCUT2D eigenvalue weighted by molar-refractivity contribution is 7.89. The van der Waals surface area contributed by atoms with Crippen LogP contribution in [0.4, 0.5) is 18.3 Å². The van der Waals surface area contributed by atoms with Crippen molar-refractivity contribution in [3.63, 3.8) is 0 Å². The van der Waals surface area contributed by atoms with E-state index in [9.17, 15) is 26.4 Å². The summed E-state index contributed by atoms with van der Waals surface area (Å²) < 4.78 is 65.2. The van der Waals surface area contributed by atoms with Crippen LogP contribution in [0.15, 0.2) is 29.2 Å². The maximum atomic E-state index is 12.9. The number of sulfonamides is 1. The third-order valence-corrected chi connectivity index (χ3v) is 6.62. The van der Waals surface area contributed by atoms with Crippen molar-refractivity contribution in [2.24, 2.45) is 0 Å². The van der Waals surface area contributed by atoms with E-state index in [4.69, 9.17) is 0 Å². The van der Waals surface area contributed by atoms with Crippen LogP contribution in [-0.4, -0.2) is 30.2 Å². The van der Waals surface area contributed by atoms with Gasteiger partial charge in [-0.3, -0.25) is 4.79 Å². The van der Waals surface area contributed by atoms with Crippen molar-refractivity contribution in [1.29, 1.82) is 0 Å². The normalized spacial score (nSPS) is 15.5. The Kier molecular flexibility index (Phi) is 4.80. The molecule has 0 atom stereocenters. The van der Waals surface area contributed by atoms with Crippen LogP contribution in [0.3, 0.4) is 0 Å². The fourth-order valence-electron chi connectivity index (χ4n) is 2.56. The van der Waals surface area contributed by atoms with Crippen molar-refractivity contribution in [3.05, 3.63) is 40.4 Å². The summed E-state index contributed by atoms with van der Waals surface area (Å²) in [4.78, 5) is 15.6. The summed E-state index contributed by atoms with van der Waals surface area (Å²) in [6.45, 7) is 1.45. The summed E-state index contributed by atoms with van der Waals surface area (Å²) in [5.41, 5.74) is -0.323. The van der Waals surface area contributed by atoms with Gasteiger partial charge in [0.15, 0.2) is 5.13 Å². The fraction of sp³-hybridized carbons (Fsp3) is 0.333. The molecule has 0 radical (unpaired) electrons. The third-order valence-electron chi connectivity index (χ3n) is 3.78. The maximum absolute atomic E-state index is 12.9. The predicted molar refractivity (Wildman–Crippen MR) is 89.2 cm³/mol. The van der Waals surface area contributed by atoms with E-state index < -0.39 is 26.7 Å². The molecule has 140 valence electrons. The number of fused-ring (bicyclic) bond motifs is 1. The Bertz CT molecular complexity index is 955. The van der Waals surface area contributed by atoms with E-state index in [1.807, 2.05) is 0 Å². The van der Waals surface area contributed by atoms with Crippen LogP contribution in [0.1, 0.15) is 23.1 Å². The van der Waals surface area contributed by atoms with Gasteiger partial charge in [-0.05, 0) is 18.2 Å². The molecule has 1 aliphatic heterocycles. The Morgan fingerprint density at radius 2 is 2.08 bits per heavy atom. The summed E-state index contributed by atoms with van der Waals surface area (Å²) in [5, 5.41) is 2.92. The number of hydrogen-bond donors (Lipinski definition) is 1. The number of carbonyl (C=O) groups excluding carboxylic acids is 1. The minimum Gasteiger partial charge on any atom is -0.302 e. The van der Waals surface area contributed by atoms with E-state index in [1.54, 1.807) is 0 Å². The van der Waals surface area contributed by atoms with Crippen LogP contribution >= 0.6 is 11.3 Å². The number of thiazole rings is 1. The van der Waals surface area contributed by atoms with Gasteiger partial charge in [0.05, 0.1) is 22.7 Å². The fourth-order valence-corrected chi connectivity index (χ4v) is 5.17. The molecular formula is C15H14F3N3O3S2. The number of rotatable bonds is 3. The van der Waals surface area contributed by atoms with E-state index in [-0.39, 0.29) is 19.0 Å². The highest BCUT2D eigenvalue weighted by Crippen LogP contribution is 2.33. The summed E-state index contributed by atoms with van der Waals surface area (Å²) in [6, 6.07) is 3.69. The first-order chi connectivity index (χ1) is 12.1. The van der Waals surface area contributed by atoms with E-state index in [0.29, 0.717) is 28.2 Å². The Hall–Kier alpha value is -1.98. The average molecular weight is 405 g/mol. The first-order valence-corrected chi connectivity index (χ1v) is 9.76. The zero-order valence-electron chi connectivity index (χ0n) is 13.5. The predicted octanol–water partition coefficient (Wildman–Crippen LogP) is 2.87. The smallest absolute Gasteiger partial charge is 0.302 e. The number of anilines is 1. The van der Waals surface area contributed by atoms with Crippen molar-refractivity contribution >= 4 is 32.4 Å². The van der Waals surface area contributed by atoms with Gasteiger partial charge in [0.2, 0.25) is 15.9 Å². The number of nitrogens with zero attached hydrogens (tertiary/aromatic N) is 2. The molecule has 1 amide bonds. The van der Waals surface area contributed by atoms with Gasteiger partial charge in [0, 0.05) is 24.8 Å². The number of hydrogen-bond acceptors (Lipinski definition) is 5.